The Morgan fingerprint density at radius 1 is 0.909 bits per heavy atom. The Morgan fingerprint density at radius 2 is 1.70 bits per heavy atom. The molecule has 3 aromatic rings. The van der Waals surface area contributed by atoms with Gasteiger partial charge in [0.25, 0.3) is 5.91 Å². The predicted molar refractivity (Wildman–Crippen MR) is 131 cm³/mol. The number of benzene rings is 3. The first-order valence-corrected chi connectivity index (χ1v) is 12.0. The van der Waals surface area contributed by atoms with Gasteiger partial charge in [0, 0.05) is 44.8 Å². The highest BCUT2D eigenvalue weighted by Crippen LogP contribution is 2.24. The zero-order chi connectivity index (χ0) is 22.6. The van der Waals surface area contributed by atoms with Gasteiger partial charge in [-0.2, -0.15) is 0 Å². The van der Waals surface area contributed by atoms with E-state index >= 15 is 0 Å². The minimum Gasteiger partial charge on any atom is -0.355 e. The van der Waals surface area contributed by atoms with Gasteiger partial charge >= 0.3 is 0 Å². The highest BCUT2D eigenvalue weighted by molar-refractivity contribution is 6.07. The standard InChI is InChI=1S/C28H31N3O2/c32-27(29-15-18-30-17-14-21-7-1-2-9-23(21)19-30)24-11-6-16-31(20-24)28(33)26-13-5-10-22-8-3-4-12-25(22)26/h1-5,7-10,12-13,24H,6,11,14-20H2,(H,29,32)/t24-/m1/s1. The van der Waals surface area contributed by atoms with Crippen molar-refractivity contribution in [2.24, 2.45) is 5.92 Å². The zero-order valence-electron chi connectivity index (χ0n) is 19.0. The number of nitrogens with zero attached hydrogens (tertiary/aromatic N) is 2. The van der Waals surface area contributed by atoms with E-state index in [0.717, 1.165) is 55.2 Å². The first-order valence-electron chi connectivity index (χ1n) is 12.0. The molecule has 2 aliphatic heterocycles. The number of piperidine rings is 1. The monoisotopic (exact) mass is 441 g/mol. The number of hydrogen-bond acceptors (Lipinski definition) is 3. The molecule has 0 radical (unpaired) electrons. The number of amides is 2. The topological polar surface area (TPSA) is 52.7 Å². The van der Waals surface area contributed by atoms with E-state index in [1.165, 1.54) is 11.1 Å². The van der Waals surface area contributed by atoms with Crippen molar-refractivity contribution in [1.29, 1.82) is 0 Å². The molecule has 1 atom stereocenters. The molecule has 2 aliphatic rings. The molecule has 5 rings (SSSR count). The summed E-state index contributed by atoms with van der Waals surface area (Å²) < 4.78 is 0. The van der Waals surface area contributed by atoms with E-state index in [4.69, 9.17) is 0 Å². The van der Waals surface area contributed by atoms with E-state index in [1.54, 1.807) is 0 Å². The summed E-state index contributed by atoms with van der Waals surface area (Å²) in [5, 5.41) is 5.17. The van der Waals surface area contributed by atoms with E-state index in [-0.39, 0.29) is 17.7 Å². The molecular weight excluding hydrogens is 410 g/mol. The van der Waals surface area contributed by atoms with Crippen LogP contribution in [0.5, 0.6) is 0 Å². The van der Waals surface area contributed by atoms with Gasteiger partial charge in [0.2, 0.25) is 5.91 Å². The van der Waals surface area contributed by atoms with E-state index < -0.39 is 0 Å². The molecule has 0 aromatic heterocycles. The third kappa shape index (κ3) is 4.79. The minimum absolute atomic E-state index is 0.0243. The van der Waals surface area contributed by atoms with Gasteiger partial charge in [-0.25, -0.2) is 0 Å². The molecule has 5 heteroatoms. The fourth-order valence-electron chi connectivity index (χ4n) is 5.18. The third-order valence-electron chi connectivity index (χ3n) is 7.04. The Labute approximate surface area is 195 Å². The van der Waals surface area contributed by atoms with Gasteiger partial charge in [0.1, 0.15) is 0 Å². The summed E-state index contributed by atoms with van der Waals surface area (Å²) in [6.07, 6.45) is 2.76. The molecule has 3 aromatic carbocycles. The molecule has 0 aliphatic carbocycles. The molecule has 33 heavy (non-hydrogen) atoms. The molecule has 0 unspecified atom stereocenters. The van der Waals surface area contributed by atoms with Crippen LogP contribution >= 0.6 is 0 Å². The van der Waals surface area contributed by atoms with Crippen molar-refractivity contribution in [2.75, 3.05) is 32.7 Å². The lowest BCUT2D eigenvalue weighted by Crippen LogP contribution is -2.46. The van der Waals surface area contributed by atoms with Crippen LogP contribution in [0.15, 0.2) is 66.7 Å². The smallest absolute Gasteiger partial charge is 0.254 e. The van der Waals surface area contributed by atoms with Crippen molar-refractivity contribution >= 4 is 22.6 Å². The second-order valence-corrected chi connectivity index (χ2v) is 9.20. The second kappa shape index (κ2) is 9.75. The van der Waals surface area contributed by atoms with Crippen molar-refractivity contribution < 1.29 is 9.59 Å². The van der Waals surface area contributed by atoms with Crippen LogP contribution in [0.3, 0.4) is 0 Å². The molecule has 1 N–H and O–H groups in total. The molecule has 5 nitrogen and oxygen atoms in total. The van der Waals surface area contributed by atoms with Crippen LogP contribution < -0.4 is 5.32 Å². The Bertz CT molecular complexity index is 1150. The van der Waals surface area contributed by atoms with Crippen LogP contribution in [0.25, 0.3) is 10.8 Å². The van der Waals surface area contributed by atoms with Crippen LogP contribution in [-0.4, -0.2) is 54.3 Å². The second-order valence-electron chi connectivity index (χ2n) is 9.20. The molecule has 0 spiro atoms. The van der Waals surface area contributed by atoms with Gasteiger partial charge in [-0.15, -0.1) is 0 Å². The number of fused-ring (bicyclic) bond motifs is 2. The first kappa shape index (κ1) is 21.7. The fourth-order valence-corrected chi connectivity index (χ4v) is 5.18. The third-order valence-corrected chi connectivity index (χ3v) is 7.04. The molecule has 2 amide bonds. The Kier molecular flexibility index (Phi) is 6.40. The summed E-state index contributed by atoms with van der Waals surface area (Å²) in [4.78, 5) is 30.4. The highest BCUT2D eigenvalue weighted by atomic mass is 16.2. The summed E-state index contributed by atoms with van der Waals surface area (Å²) in [6, 6.07) is 22.4. The van der Waals surface area contributed by atoms with Gasteiger partial charge in [-0.05, 0) is 47.2 Å². The number of likely N-dealkylation sites (tertiary alicyclic amines) is 1. The van der Waals surface area contributed by atoms with E-state index in [1.807, 2.05) is 47.4 Å². The van der Waals surface area contributed by atoms with Crippen molar-refractivity contribution in [3.8, 4) is 0 Å². The van der Waals surface area contributed by atoms with E-state index in [2.05, 4.69) is 34.5 Å². The van der Waals surface area contributed by atoms with Gasteiger partial charge < -0.3 is 10.2 Å². The molecular formula is C28H31N3O2. The molecule has 0 bridgehead atoms. The zero-order valence-corrected chi connectivity index (χ0v) is 19.0. The maximum absolute atomic E-state index is 13.3. The number of hydrogen-bond donors (Lipinski definition) is 1. The lowest BCUT2D eigenvalue weighted by molar-refractivity contribution is -0.126. The number of nitrogens with one attached hydrogen (secondary N) is 1. The predicted octanol–water partition coefficient (Wildman–Crippen LogP) is 3.87. The molecule has 0 saturated carbocycles. The van der Waals surface area contributed by atoms with Crippen molar-refractivity contribution in [1.82, 2.24) is 15.1 Å². The molecule has 1 fully saturated rings. The largest absolute Gasteiger partial charge is 0.355 e. The van der Waals surface area contributed by atoms with Crippen LogP contribution in [0.4, 0.5) is 0 Å². The lowest BCUT2D eigenvalue weighted by atomic mass is 9.95. The number of carbonyl (C=O) groups excluding carboxylic acids is 2. The normalized spacial score (nSPS) is 18.7. The van der Waals surface area contributed by atoms with Crippen molar-refractivity contribution in [3.05, 3.63) is 83.4 Å². The minimum atomic E-state index is -0.139. The summed E-state index contributed by atoms with van der Waals surface area (Å²) in [5.41, 5.74) is 3.56. The molecule has 170 valence electrons. The average Bonchev–Trinajstić information content (AvgIpc) is 2.88. The Hall–Kier alpha value is -3.18. The molecule has 1 saturated heterocycles. The van der Waals surface area contributed by atoms with Gasteiger partial charge in [-0.3, -0.25) is 14.5 Å². The molecule has 2 heterocycles. The van der Waals surface area contributed by atoms with Gasteiger partial charge in [0.15, 0.2) is 0 Å². The van der Waals surface area contributed by atoms with Gasteiger partial charge in [0.05, 0.1) is 5.92 Å². The quantitative estimate of drug-likeness (QED) is 0.654. The Morgan fingerprint density at radius 3 is 2.61 bits per heavy atom. The first-order chi connectivity index (χ1) is 16.2. The van der Waals surface area contributed by atoms with Crippen LogP contribution in [0.2, 0.25) is 0 Å². The van der Waals surface area contributed by atoms with Crippen molar-refractivity contribution in [2.45, 2.75) is 25.8 Å². The summed E-state index contributed by atoms with van der Waals surface area (Å²) >= 11 is 0. The Balaban J connectivity index is 1.15. The fraction of sp³-hybridized carbons (Fsp3) is 0.357. The summed E-state index contributed by atoms with van der Waals surface area (Å²) in [6.45, 7) is 4.68. The summed E-state index contributed by atoms with van der Waals surface area (Å²) in [5.74, 6) is -0.0427. The highest BCUT2D eigenvalue weighted by Gasteiger charge is 2.29. The number of carbonyl (C=O) groups is 2. The maximum atomic E-state index is 13.3. The lowest BCUT2D eigenvalue weighted by Gasteiger charge is -2.33. The average molecular weight is 442 g/mol. The van der Waals surface area contributed by atoms with Crippen LogP contribution in [-0.2, 0) is 17.8 Å². The van der Waals surface area contributed by atoms with Crippen LogP contribution in [0, 0.1) is 5.92 Å². The van der Waals surface area contributed by atoms with Crippen molar-refractivity contribution in [3.63, 3.8) is 0 Å². The summed E-state index contributed by atoms with van der Waals surface area (Å²) in [7, 11) is 0. The van der Waals surface area contributed by atoms with E-state index in [9.17, 15) is 9.59 Å². The maximum Gasteiger partial charge on any atom is 0.254 e. The van der Waals surface area contributed by atoms with Crippen LogP contribution in [0.1, 0.15) is 34.3 Å². The van der Waals surface area contributed by atoms with E-state index in [0.29, 0.717) is 19.6 Å². The number of rotatable bonds is 5. The van der Waals surface area contributed by atoms with Gasteiger partial charge in [-0.1, -0.05) is 60.7 Å². The SMILES string of the molecule is O=C(NCCN1CCc2ccccc2C1)[C@@H]1CCCN(C(=O)c2cccc3ccccc23)C1.